The first-order valence-corrected chi connectivity index (χ1v) is 13.3. The molecule has 2 heterocycles. The SMILES string of the molecule is CC(=O)N1CCc2ccc(N(C(=O)C/C=C/c3ccccc3)C3CCN(Cc4ccccc4)CC3)cc21. The molecule has 5 rings (SSSR count). The number of nitrogens with zero attached hydrogens (tertiary/aromatic N) is 3. The summed E-state index contributed by atoms with van der Waals surface area (Å²) in [7, 11) is 0. The third-order valence-electron chi connectivity index (χ3n) is 7.46. The molecule has 5 nitrogen and oxygen atoms in total. The van der Waals surface area contributed by atoms with Crippen molar-refractivity contribution in [3.8, 4) is 0 Å². The maximum absolute atomic E-state index is 13.7. The Balaban J connectivity index is 1.35. The Morgan fingerprint density at radius 1 is 0.919 bits per heavy atom. The van der Waals surface area contributed by atoms with E-state index in [1.54, 1.807) is 6.92 Å². The second kappa shape index (κ2) is 11.6. The normalized spacial score (nSPS) is 16.2. The standard InChI is InChI=1S/C32H35N3O2/c1-25(36)34-22-17-28-15-16-30(23-31(28)34)35(32(37)14-8-13-26-9-4-2-5-10-26)29-18-20-33(21-19-29)24-27-11-6-3-7-12-27/h2-13,15-16,23,29H,14,17-22,24H2,1H3/b13-8+. The summed E-state index contributed by atoms with van der Waals surface area (Å²) in [6, 6.07) is 27.0. The molecule has 3 aromatic rings. The van der Waals surface area contributed by atoms with Crippen LogP contribution < -0.4 is 9.80 Å². The molecule has 2 aliphatic rings. The fraction of sp³-hybridized carbons (Fsp3) is 0.312. The molecular formula is C32H35N3O2. The largest absolute Gasteiger partial charge is 0.312 e. The number of amides is 2. The van der Waals surface area contributed by atoms with Gasteiger partial charge in [0.1, 0.15) is 0 Å². The molecule has 0 spiro atoms. The van der Waals surface area contributed by atoms with Gasteiger partial charge in [-0.3, -0.25) is 14.5 Å². The molecule has 2 aliphatic heterocycles. The average molecular weight is 494 g/mol. The highest BCUT2D eigenvalue weighted by molar-refractivity contribution is 5.98. The van der Waals surface area contributed by atoms with E-state index in [4.69, 9.17) is 0 Å². The topological polar surface area (TPSA) is 43.9 Å². The van der Waals surface area contributed by atoms with Gasteiger partial charge < -0.3 is 9.80 Å². The number of likely N-dealkylation sites (tertiary alicyclic amines) is 1. The Morgan fingerprint density at radius 2 is 1.62 bits per heavy atom. The van der Waals surface area contributed by atoms with Crippen LogP contribution in [-0.4, -0.2) is 42.4 Å². The van der Waals surface area contributed by atoms with Crippen LogP contribution in [0.25, 0.3) is 6.08 Å². The number of benzene rings is 3. The molecule has 0 N–H and O–H groups in total. The van der Waals surface area contributed by atoms with Crippen LogP contribution in [0.1, 0.15) is 42.9 Å². The minimum absolute atomic E-state index is 0.0498. The lowest BCUT2D eigenvalue weighted by Gasteiger charge is -2.39. The lowest BCUT2D eigenvalue weighted by Crippen LogP contribution is -2.47. The maximum atomic E-state index is 13.7. The number of carbonyl (C=O) groups excluding carboxylic acids is 2. The van der Waals surface area contributed by atoms with Crippen LogP contribution in [0.5, 0.6) is 0 Å². The molecule has 0 unspecified atom stereocenters. The Labute approximate surface area is 220 Å². The van der Waals surface area contributed by atoms with E-state index in [-0.39, 0.29) is 17.9 Å². The van der Waals surface area contributed by atoms with E-state index in [1.165, 1.54) is 11.1 Å². The van der Waals surface area contributed by atoms with Gasteiger partial charge in [0, 0.05) is 56.9 Å². The van der Waals surface area contributed by atoms with Gasteiger partial charge in [0.2, 0.25) is 11.8 Å². The van der Waals surface area contributed by atoms with Gasteiger partial charge in [0.25, 0.3) is 0 Å². The quantitative estimate of drug-likeness (QED) is 0.424. The third kappa shape index (κ3) is 6.00. The number of fused-ring (bicyclic) bond motifs is 1. The van der Waals surface area contributed by atoms with Gasteiger partial charge in [-0.2, -0.15) is 0 Å². The minimum atomic E-state index is 0.0498. The first-order valence-electron chi connectivity index (χ1n) is 13.3. The number of rotatable bonds is 7. The van der Waals surface area contributed by atoms with Crippen molar-refractivity contribution in [2.75, 3.05) is 29.4 Å². The molecule has 0 atom stereocenters. The van der Waals surface area contributed by atoms with Gasteiger partial charge in [0.15, 0.2) is 0 Å². The Morgan fingerprint density at radius 3 is 2.32 bits per heavy atom. The van der Waals surface area contributed by atoms with Crippen LogP contribution in [0.15, 0.2) is 84.9 Å². The highest BCUT2D eigenvalue weighted by atomic mass is 16.2. The van der Waals surface area contributed by atoms with Gasteiger partial charge in [0.05, 0.1) is 0 Å². The molecule has 0 radical (unpaired) electrons. The number of anilines is 2. The molecule has 0 bridgehead atoms. The van der Waals surface area contributed by atoms with Crippen LogP contribution in [0.3, 0.4) is 0 Å². The summed E-state index contributed by atoms with van der Waals surface area (Å²) in [5.74, 6) is 0.148. The smallest absolute Gasteiger partial charge is 0.231 e. The summed E-state index contributed by atoms with van der Waals surface area (Å²) in [5, 5.41) is 0. The molecule has 0 aliphatic carbocycles. The van der Waals surface area contributed by atoms with Gasteiger partial charge >= 0.3 is 0 Å². The van der Waals surface area contributed by atoms with Crippen molar-refractivity contribution in [3.63, 3.8) is 0 Å². The molecule has 0 aromatic heterocycles. The van der Waals surface area contributed by atoms with E-state index in [0.717, 1.165) is 55.8 Å². The van der Waals surface area contributed by atoms with Crippen molar-refractivity contribution >= 4 is 29.3 Å². The van der Waals surface area contributed by atoms with Crippen LogP contribution >= 0.6 is 0 Å². The molecule has 2 amide bonds. The van der Waals surface area contributed by atoms with Crippen LogP contribution in [-0.2, 0) is 22.6 Å². The number of hydrogen-bond donors (Lipinski definition) is 0. The van der Waals surface area contributed by atoms with Gasteiger partial charge in [-0.15, -0.1) is 0 Å². The van der Waals surface area contributed by atoms with E-state index < -0.39 is 0 Å². The Kier molecular flexibility index (Phi) is 7.81. The highest BCUT2D eigenvalue weighted by Crippen LogP contribution is 2.34. The lowest BCUT2D eigenvalue weighted by atomic mass is 10.00. The van der Waals surface area contributed by atoms with Gasteiger partial charge in [-0.1, -0.05) is 78.9 Å². The molecule has 1 saturated heterocycles. The summed E-state index contributed by atoms with van der Waals surface area (Å²) in [5.41, 5.74) is 5.43. The molecule has 5 heteroatoms. The Hall–Kier alpha value is -3.70. The van der Waals surface area contributed by atoms with Crippen molar-refractivity contribution in [1.82, 2.24) is 4.90 Å². The summed E-state index contributed by atoms with van der Waals surface area (Å²) >= 11 is 0. The monoisotopic (exact) mass is 493 g/mol. The Bertz CT molecular complexity index is 1250. The molecule has 1 fully saturated rings. The zero-order valence-corrected chi connectivity index (χ0v) is 21.6. The van der Waals surface area contributed by atoms with E-state index >= 15 is 0 Å². The van der Waals surface area contributed by atoms with Crippen molar-refractivity contribution in [3.05, 3.63) is 102 Å². The third-order valence-corrected chi connectivity index (χ3v) is 7.46. The zero-order chi connectivity index (χ0) is 25.6. The zero-order valence-electron chi connectivity index (χ0n) is 21.6. The van der Waals surface area contributed by atoms with Crippen LogP contribution in [0.4, 0.5) is 11.4 Å². The molecule has 37 heavy (non-hydrogen) atoms. The highest BCUT2D eigenvalue weighted by Gasteiger charge is 2.30. The predicted octanol–water partition coefficient (Wildman–Crippen LogP) is 5.70. The molecular weight excluding hydrogens is 458 g/mol. The average Bonchev–Trinajstić information content (AvgIpc) is 3.35. The van der Waals surface area contributed by atoms with Crippen LogP contribution in [0, 0.1) is 0 Å². The van der Waals surface area contributed by atoms with E-state index in [1.807, 2.05) is 52.3 Å². The van der Waals surface area contributed by atoms with Gasteiger partial charge in [-0.25, -0.2) is 0 Å². The number of piperidine rings is 1. The first kappa shape index (κ1) is 25.0. The van der Waals surface area contributed by atoms with Crippen LogP contribution in [0.2, 0.25) is 0 Å². The van der Waals surface area contributed by atoms with Crippen molar-refractivity contribution in [2.24, 2.45) is 0 Å². The number of hydrogen-bond acceptors (Lipinski definition) is 3. The van der Waals surface area contributed by atoms with E-state index in [9.17, 15) is 9.59 Å². The van der Waals surface area contributed by atoms with E-state index in [0.29, 0.717) is 13.0 Å². The van der Waals surface area contributed by atoms with Gasteiger partial charge in [-0.05, 0) is 48.1 Å². The second-order valence-electron chi connectivity index (χ2n) is 10.0. The number of carbonyl (C=O) groups is 2. The fourth-order valence-corrected chi connectivity index (χ4v) is 5.54. The molecule has 3 aromatic carbocycles. The first-order chi connectivity index (χ1) is 18.1. The van der Waals surface area contributed by atoms with Crippen molar-refractivity contribution < 1.29 is 9.59 Å². The van der Waals surface area contributed by atoms with Crippen molar-refractivity contribution in [2.45, 2.75) is 45.2 Å². The lowest BCUT2D eigenvalue weighted by molar-refractivity contribution is -0.118. The predicted molar refractivity (Wildman–Crippen MR) is 150 cm³/mol. The molecule has 190 valence electrons. The fourth-order valence-electron chi connectivity index (χ4n) is 5.54. The summed E-state index contributed by atoms with van der Waals surface area (Å²) in [6.45, 7) is 5.16. The minimum Gasteiger partial charge on any atom is -0.312 e. The summed E-state index contributed by atoms with van der Waals surface area (Å²) in [6.07, 6.45) is 7.03. The van der Waals surface area contributed by atoms with Crippen molar-refractivity contribution in [1.29, 1.82) is 0 Å². The second-order valence-corrected chi connectivity index (χ2v) is 10.0. The summed E-state index contributed by atoms with van der Waals surface area (Å²) < 4.78 is 0. The van der Waals surface area contributed by atoms with E-state index in [2.05, 4.69) is 53.4 Å². The maximum Gasteiger partial charge on any atom is 0.231 e. The summed E-state index contributed by atoms with van der Waals surface area (Å²) in [4.78, 5) is 32.2. The molecule has 0 saturated carbocycles.